The number of hydrogen-bond acceptors (Lipinski definition) is 3. The number of anilines is 1. The maximum Gasteiger partial charge on any atom is 0.334 e. The van der Waals surface area contributed by atoms with Gasteiger partial charge < -0.3 is 9.64 Å². The molecule has 0 N–H and O–H groups in total. The van der Waals surface area contributed by atoms with Gasteiger partial charge in [-0.2, -0.15) is 0 Å². The number of benzene rings is 3. The van der Waals surface area contributed by atoms with Gasteiger partial charge in [0, 0.05) is 16.7 Å². The second-order valence-electron chi connectivity index (χ2n) is 7.00. The maximum atomic E-state index is 13.5. The van der Waals surface area contributed by atoms with Crippen LogP contribution in [0, 0.1) is 0 Å². The molecule has 29 heavy (non-hydrogen) atoms. The van der Waals surface area contributed by atoms with E-state index in [9.17, 15) is 4.79 Å². The minimum absolute atomic E-state index is 0.289. The van der Waals surface area contributed by atoms with Crippen molar-refractivity contribution in [1.82, 2.24) is 0 Å². The lowest BCUT2D eigenvalue weighted by atomic mass is 10.0. The third kappa shape index (κ3) is 3.99. The van der Waals surface area contributed by atoms with Gasteiger partial charge in [0.15, 0.2) is 6.04 Å². The van der Waals surface area contributed by atoms with E-state index in [2.05, 4.69) is 39.5 Å². The van der Waals surface area contributed by atoms with Crippen LogP contribution in [0.5, 0.6) is 0 Å². The Morgan fingerprint density at radius 1 is 1.00 bits per heavy atom. The van der Waals surface area contributed by atoms with E-state index in [1.807, 2.05) is 66.7 Å². The summed E-state index contributed by atoms with van der Waals surface area (Å²) in [5.74, 6) is -0.289. The highest BCUT2D eigenvalue weighted by molar-refractivity contribution is 9.10. The number of ether oxygens (including phenoxy) is 1. The van der Waals surface area contributed by atoms with Gasteiger partial charge in [0.05, 0.1) is 0 Å². The molecule has 4 rings (SSSR count). The van der Waals surface area contributed by atoms with E-state index in [4.69, 9.17) is 4.74 Å². The molecular weight excluding hydrogens is 426 g/mol. The third-order valence-electron chi connectivity index (χ3n) is 5.24. The Morgan fingerprint density at radius 2 is 1.69 bits per heavy atom. The summed E-state index contributed by atoms with van der Waals surface area (Å²) in [4.78, 5) is 15.6. The zero-order valence-corrected chi connectivity index (χ0v) is 17.6. The molecule has 0 aliphatic carbocycles. The first kappa shape index (κ1) is 19.5. The normalized spacial score (nSPS) is 14.7. The zero-order chi connectivity index (χ0) is 20.2. The Balaban J connectivity index is 1.70. The lowest BCUT2D eigenvalue weighted by molar-refractivity contribution is -0.149. The van der Waals surface area contributed by atoms with Gasteiger partial charge in [0.2, 0.25) is 0 Å². The van der Waals surface area contributed by atoms with Gasteiger partial charge in [-0.1, -0.05) is 89.2 Å². The fraction of sp³-hybridized carbons (Fsp3) is 0.160. The number of carbonyl (C=O) groups is 1. The van der Waals surface area contributed by atoms with Crippen LogP contribution in [-0.4, -0.2) is 12.5 Å². The summed E-state index contributed by atoms with van der Waals surface area (Å²) in [6, 6.07) is 25.2. The number of rotatable bonds is 6. The second-order valence-corrected chi connectivity index (χ2v) is 7.85. The first-order valence-corrected chi connectivity index (χ1v) is 10.5. The molecule has 0 saturated carbocycles. The molecule has 0 fully saturated rings. The Hall–Kier alpha value is -2.85. The number of fused-ring (bicyclic) bond motifs is 1. The van der Waals surface area contributed by atoms with Gasteiger partial charge in [0.25, 0.3) is 0 Å². The second kappa shape index (κ2) is 8.66. The maximum absolute atomic E-state index is 13.5. The van der Waals surface area contributed by atoms with Crippen LogP contribution in [0.2, 0.25) is 0 Å². The van der Waals surface area contributed by atoms with Gasteiger partial charge in [-0.05, 0) is 41.3 Å². The molecule has 0 bridgehead atoms. The average Bonchev–Trinajstić information content (AvgIpc) is 3.18. The van der Waals surface area contributed by atoms with Crippen molar-refractivity contribution in [2.24, 2.45) is 0 Å². The molecule has 3 aromatic carbocycles. The van der Waals surface area contributed by atoms with Crippen LogP contribution < -0.4 is 4.90 Å². The fourth-order valence-electron chi connectivity index (χ4n) is 3.84. The average molecular weight is 448 g/mol. The summed E-state index contributed by atoms with van der Waals surface area (Å²) in [5, 5.41) is 0. The summed E-state index contributed by atoms with van der Waals surface area (Å²) >= 11 is 3.63. The van der Waals surface area contributed by atoms with Crippen molar-refractivity contribution >= 4 is 27.6 Å². The fourth-order valence-corrected chi connectivity index (χ4v) is 4.34. The predicted molar refractivity (Wildman–Crippen MR) is 120 cm³/mol. The van der Waals surface area contributed by atoms with Crippen LogP contribution in [0.25, 0.3) is 0 Å². The zero-order valence-electron chi connectivity index (χ0n) is 16.0. The van der Waals surface area contributed by atoms with Crippen LogP contribution in [0.15, 0.2) is 96.0 Å². The Bertz CT molecular complexity index is 1020. The molecule has 3 nitrogen and oxygen atoms in total. The number of hydrogen-bond donors (Lipinski definition) is 0. The molecule has 0 saturated heterocycles. The molecule has 0 spiro atoms. The highest BCUT2D eigenvalue weighted by atomic mass is 79.9. The van der Waals surface area contributed by atoms with Gasteiger partial charge >= 0.3 is 5.97 Å². The number of carbonyl (C=O) groups excluding carboxylic acids is 1. The van der Waals surface area contributed by atoms with Crippen molar-refractivity contribution in [2.45, 2.75) is 18.6 Å². The molecule has 1 heterocycles. The monoisotopic (exact) mass is 447 g/mol. The number of esters is 1. The van der Waals surface area contributed by atoms with Gasteiger partial charge in [-0.15, -0.1) is 0 Å². The van der Waals surface area contributed by atoms with Gasteiger partial charge in [0.1, 0.15) is 6.10 Å². The molecule has 3 aromatic rings. The number of halogens is 1. The quantitative estimate of drug-likeness (QED) is 0.341. The molecule has 0 amide bonds. The first-order chi connectivity index (χ1) is 14.2. The van der Waals surface area contributed by atoms with Crippen LogP contribution in [-0.2, 0) is 16.0 Å². The van der Waals surface area contributed by atoms with E-state index in [1.54, 1.807) is 6.08 Å². The Kier molecular flexibility index (Phi) is 5.81. The van der Waals surface area contributed by atoms with E-state index < -0.39 is 12.1 Å². The van der Waals surface area contributed by atoms with Crippen LogP contribution in [0.1, 0.15) is 28.8 Å². The molecule has 1 unspecified atom stereocenters. The highest BCUT2D eigenvalue weighted by Crippen LogP contribution is 2.38. The smallest absolute Gasteiger partial charge is 0.334 e. The SMILES string of the molecule is C=C[C@H](OC(=O)C(c1ccccc1Br)N1CCc2ccccc21)c1ccccc1. The van der Waals surface area contributed by atoms with Crippen molar-refractivity contribution in [2.75, 3.05) is 11.4 Å². The highest BCUT2D eigenvalue weighted by Gasteiger charge is 2.35. The molecule has 0 radical (unpaired) electrons. The molecular formula is C25H22BrNO2. The summed E-state index contributed by atoms with van der Waals surface area (Å²) in [6.45, 7) is 4.64. The lowest BCUT2D eigenvalue weighted by Crippen LogP contribution is -2.35. The predicted octanol–water partition coefficient (Wildman–Crippen LogP) is 6.02. The van der Waals surface area contributed by atoms with Crippen LogP contribution >= 0.6 is 15.9 Å². The molecule has 2 atom stereocenters. The van der Waals surface area contributed by atoms with Crippen LogP contribution in [0.4, 0.5) is 5.69 Å². The van der Waals surface area contributed by atoms with Crippen molar-refractivity contribution in [3.05, 3.63) is 113 Å². The topological polar surface area (TPSA) is 29.5 Å². The van der Waals surface area contributed by atoms with Crippen molar-refractivity contribution in [1.29, 1.82) is 0 Å². The van der Waals surface area contributed by atoms with Crippen molar-refractivity contribution in [3.63, 3.8) is 0 Å². The molecule has 0 aromatic heterocycles. The van der Waals surface area contributed by atoms with E-state index >= 15 is 0 Å². The lowest BCUT2D eigenvalue weighted by Gasteiger charge is -2.31. The standard InChI is InChI=1S/C25H22BrNO2/c1-2-23(19-11-4-3-5-12-19)29-25(28)24(20-13-7-8-14-21(20)26)27-17-16-18-10-6-9-15-22(18)27/h2-15,23-24H,1,16-17H2/t23-,24?/m0/s1. The largest absolute Gasteiger partial charge is 0.451 e. The summed E-state index contributed by atoms with van der Waals surface area (Å²) in [6.07, 6.45) is 2.09. The number of nitrogens with zero attached hydrogens (tertiary/aromatic N) is 1. The molecule has 4 heteroatoms. The van der Waals surface area contributed by atoms with Crippen molar-refractivity contribution < 1.29 is 9.53 Å². The van der Waals surface area contributed by atoms with E-state index in [1.165, 1.54) is 5.56 Å². The van der Waals surface area contributed by atoms with Crippen molar-refractivity contribution in [3.8, 4) is 0 Å². The summed E-state index contributed by atoms with van der Waals surface area (Å²) in [5.41, 5.74) is 4.13. The summed E-state index contributed by atoms with van der Waals surface area (Å²) in [7, 11) is 0. The molecule has 1 aliphatic rings. The third-order valence-corrected chi connectivity index (χ3v) is 5.97. The van der Waals surface area contributed by atoms with Gasteiger partial charge in [-0.3, -0.25) is 0 Å². The van der Waals surface area contributed by atoms with E-state index in [0.717, 1.165) is 34.3 Å². The summed E-state index contributed by atoms with van der Waals surface area (Å²) < 4.78 is 6.86. The minimum atomic E-state index is -0.541. The van der Waals surface area contributed by atoms with E-state index in [0.29, 0.717) is 0 Å². The van der Waals surface area contributed by atoms with E-state index in [-0.39, 0.29) is 5.97 Å². The Labute approximate surface area is 179 Å². The number of para-hydroxylation sites is 1. The first-order valence-electron chi connectivity index (χ1n) is 9.66. The van der Waals surface area contributed by atoms with Gasteiger partial charge in [-0.25, -0.2) is 4.79 Å². The van der Waals surface area contributed by atoms with Crippen LogP contribution in [0.3, 0.4) is 0 Å². The Morgan fingerprint density at radius 3 is 2.45 bits per heavy atom. The minimum Gasteiger partial charge on any atom is -0.451 e. The molecule has 1 aliphatic heterocycles. The molecule has 146 valence electrons.